The number of rotatable bonds is 5. The molecule has 0 saturated carbocycles. The maximum atomic E-state index is 13.0. The zero-order valence-corrected chi connectivity index (χ0v) is 17.5. The van der Waals surface area contributed by atoms with Crippen molar-refractivity contribution in [3.63, 3.8) is 0 Å². The number of alkyl halides is 3. The summed E-state index contributed by atoms with van der Waals surface area (Å²) in [5.74, 6) is -2.26. The van der Waals surface area contributed by atoms with Gasteiger partial charge in [0.2, 0.25) is 11.8 Å². The molecule has 168 valence electrons. The number of hydrogen-bond acceptors (Lipinski definition) is 6. The standard InChI is InChI=1S/C21H18F3N3O4S/c1-2-27-17(28)11-16(18(29)25-14-8-6-12(7-9-14)19(30)31)32-20(27)26-15-5-3-4-13(10-15)21(22,23)24/h3-10,16H,2,11H2,1H3,(H,25,29)(H,30,31)/p-1/t16-/m0/s1. The number of aromatic carboxylic acids is 1. The van der Waals surface area contributed by atoms with Crippen LogP contribution in [-0.4, -0.2) is 39.6 Å². The molecule has 1 fully saturated rings. The summed E-state index contributed by atoms with van der Waals surface area (Å²) >= 11 is 0.969. The van der Waals surface area contributed by atoms with Crippen molar-refractivity contribution in [1.82, 2.24) is 4.90 Å². The zero-order chi connectivity index (χ0) is 23.5. The number of carboxylic acid groups (broad SMARTS) is 1. The fraction of sp³-hybridized carbons (Fsp3) is 0.238. The van der Waals surface area contributed by atoms with E-state index in [2.05, 4.69) is 10.3 Å². The summed E-state index contributed by atoms with van der Waals surface area (Å²) in [5, 5.41) is 12.7. The molecule has 1 saturated heterocycles. The molecule has 0 bridgehead atoms. The monoisotopic (exact) mass is 464 g/mol. The lowest BCUT2D eigenvalue weighted by molar-refractivity contribution is -0.255. The van der Waals surface area contributed by atoms with Crippen molar-refractivity contribution in [2.24, 2.45) is 4.99 Å². The van der Waals surface area contributed by atoms with Crippen molar-refractivity contribution >= 4 is 46.1 Å². The second-order valence-corrected chi connectivity index (χ2v) is 7.92. The molecule has 11 heteroatoms. The van der Waals surface area contributed by atoms with Gasteiger partial charge in [-0.25, -0.2) is 4.99 Å². The molecule has 0 spiro atoms. The Morgan fingerprint density at radius 2 is 1.91 bits per heavy atom. The molecule has 0 radical (unpaired) electrons. The number of carbonyl (C=O) groups is 3. The Morgan fingerprint density at radius 1 is 1.22 bits per heavy atom. The molecule has 2 aromatic carbocycles. The molecule has 3 rings (SSSR count). The minimum absolute atomic E-state index is 0.00695. The van der Waals surface area contributed by atoms with Crippen LogP contribution in [0.1, 0.15) is 29.3 Å². The molecule has 32 heavy (non-hydrogen) atoms. The Labute approximate surface area is 185 Å². The number of carbonyl (C=O) groups excluding carboxylic acids is 3. The van der Waals surface area contributed by atoms with E-state index < -0.39 is 28.9 Å². The molecule has 1 heterocycles. The van der Waals surface area contributed by atoms with E-state index in [4.69, 9.17) is 0 Å². The summed E-state index contributed by atoms with van der Waals surface area (Å²) < 4.78 is 39.0. The summed E-state index contributed by atoms with van der Waals surface area (Å²) in [7, 11) is 0. The van der Waals surface area contributed by atoms with E-state index in [9.17, 15) is 32.7 Å². The Bertz CT molecular complexity index is 1070. The molecule has 0 unspecified atom stereocenters. The van der Waals surface area contributed by atoms with Crippen molar-refractivity contribution in [1.29, 1.82) is 0 Å². The largest absolute Gasteiger partial charge is 0.545 e. The van der Waals surface area contributed by atoms with Gasteiger partial charge in [-0.3, -0.25) is 14.5 Å². The number of thioether (sulfide) groups is 1. The predicted molar refractivity (Wildman–Crippen MR) is 111 cm³/mol. The third kappa shape index (κ3) is 5.47. The minimum atomic E-state index is -4.54. The van der Waals surface area contributed by atoms with Crippen LogP contribution in [0.5, 0.6) is 0 Å². The van der Waals surface area contributed by atoms with Gasteiger partial charge in [0.05, 0.1) is 17.2 Å². The van der Waals surface area contributed by atoms with Gasteiger partial charge in [0, 0.05) is 18.7 Å². The highest BCUT2D eigenvalue weighted by Gasteiger charge is 2.35. The molecule has 0 aromatic heterocycles. The van der Waals surface area contributed by atoms with Crippen LogP contribution in [0, 0.1) is 0 Å². The topological polar surface area (TPSA) is 102 Å². The van der Waals surface area contributed by atoms with Gasteiger partial charge in [-0.15, -0.1) is 0 Å². The molecule has 1 aliphatic rings. The molecular formula is C21H17F3N3O4S-. The number of halogens is 3. The lowest BCUT2D eigenvalue weighted by Gasteiger charge is -2.31. The maximum Gasteiger partial charge on any atom is 0.416 e. The molecule has 2 amide bonds. The SMILES string of the molecule is CCN1C(=O)C[C@@H](C(=O)Nc2ccc(C(=O)[O-])cc2)SC1=Nc1cccc(C(F)(F)F)c1. The number of nitrogens with one attached hydrogen (secondary N) is 1. The smallest absolute Gasteiger partial charge is 0.416 e. The summed E-state index contributed by atoms with van der Waals surface area (Å²) in [6.07, 6.45) is -4.66. The third-order valence-electron chi connectivity index (χ3n) is 4.53. The Morgan fingerprint density at radius 3 is 2.50 bits per heavy atom. The van der Waals surface area contributed by atoms with Crippen LogP contribution < -0.4 is 10.4 Å². The van der Waals surface area contributed by atoms with E-state index in [0.29, 0.717) is 5.69 Å². The number of amides is 2. The highest BCUT2D eigenvalue weighted by atomic mass is 32.2. The number of hydrogen-bond donors (Lipinski definition) is 1. The van der Waals surface area contributed by atoms with Crippen LogP contribution in [0.2, 0.25) is 0 Å². The average molecular weight is 464 g/mol. The molecule has 1 atom stereocenters. The number of benzene rings is 2. The Kier molecular flexibility index (Phi) is 6.87. The van der Waals surface area contributed by atoms with Crippen LogP contribution in [0.25, 0.3) is 0 Å². The number of anilines is 1. The van der Waals surface area contributed by atoms with Gasteiger partial charge in [0.25, 0.3) is 0 Å². The molecule has 0 aliphatic carbocycles. The second kappa shape index (κ2) is 9.43. The first-order valence-electron chi connectivity index (χ1n) is 9.43. The Hall–Kier alpha value is -3.34. The van der Waals surface area contributed by atoms with Gasteiger partial charge in [-0.05, 0) is 42.8 Å². The summed E-state index contributed by atoms with van der Waals surface area (Å²) in [6, 6.07) is 9.68. The lowest BCUT2D eigenvalue weighted by atomic mass is 10.2. The zero-order valence-electron chi connectivity index (χ0n) is 16.7. The highest BCUT2D eigenvalue weighted by molar-refractivity contribution is 8.15. The van der Waals surface area contributed by atoms with E-state index in [1.54, 1.807) is 6.92 Å². The van der Waals surface area contributed by atoms with Crippen LogP contribution in [0.4, 0.5) is 24.5 Å². The maximum absolute atomic E-state index is 13.0. The number of aliphatic imine (C=N–C) groups is 1. The Balaban J connectivity index is 1.81. The fourth-order valence-corrected chi connectivity index (χ4v) is 4.09. The van der Waals surface area contributed by atoms with Crippen molar-refractivity contribution < 1.29 is 32.7 Å². The average Bonchev–Trinajstić information content (AvgIpc) is 2.73. The molecule has 7 nitrogen and oxygen atoms in total. The normalized spacial score (nSPS) is 18.0. The number of nitrogens with zero attached hydrogens (tertiary/aromatic N) is 2. The van der Waals surface area contributed by atoms with Crippen molar-refractivity contribution in [2.75, 3.05) is 11.9 Å². The van der Waals surface area contributed by atoms with Crippen LogP contribution in [0.3, 0.4) is 0 Å². The van der Waals surface area contributed by atoms with Gasteiger partial charge >= 0.3 is 6.18 Å². The summed E-state index contributed by atoms with van der Waals surface area (Å²) in [6.45, 7) is 1.93. The minimum Gasteiger partial charge on any atom is -0.545 e. The first-order chi connectivity index (χ1) is 15.1. The van der Waals surface area contributed by atoms with E-state index in [1.807, 2.05) is 0 Å². The van der Waals surface area contributed by atoms with Crippen LogP contribution >= 0.6 is 11.8 Å². The van der Waals surface area contributed by atoms with Crippen molar-refractivity contribution in [2.45, 2.75) is 24.8 Å². The first-order valence-corrected chi connectivity index (χ1v) is 10.3. The summed E-state index contributed by atoms with van der Waals surface area (Å²) in [4.78, 5) is 41.5. The first kappa shape index (κ1) is 23.3. The van der Waals surface area contributed by atoms with Gasteiger partial charge in [0.15, 0.2) is 5.17 Å². The lowest BCUT2D eigenvalue weighted by Crippen LogP contribution is -2.45. The van der Waals surface area contributed by atoms with Gasteiger partial charge in [-0.1, -0.05) is 30.0 Å². The van der Waals surface area contributed by atoms with Gasteiger partial charge in [0.1, 0.15) is 5.25 Å². The van der Waals surface area contributed by atoms with Crippen LogP contribution in [0.15, 0.2) is 53.5 Å². The van der Waals surface area contributed by atoms with Crippen molar-refractivity contribution in [3.05, 3.63) is 59.7 Å². The highest BCUT2D eigenvalue weighted by Crippen LogP contribution is 2.33. The predicted octanol–water partition coefficient (Wildman–Crippen LogP) is 3.05. The molecular weight excluding hydrogens is 447 g/mol. The number of amidine groups is 1. The summed E-state index contributed by atoms with van der Waals surface area (Å²) in [5.41, 5.74) is -0.599. The van der Waals surface area contributed by atoms with E-state index >= 15 is 0 Å². The van der Waals surface area contributed by atoms with E-state index in [0.717, 1.165) is 23.9 Å². The third-order valence-corrected chi connectivity index (χ3v) is 5.72. The quantitative estimate of drug-likeness (QED) is 0.733. The van der Waals surface area contributed by atoms with E-state index in [1.165, 1.54) is 41.3 Å². The van der Waals surface area contributed by atoms with Gasteiger partial charge in [-0.2, -0.15) is 13.2 Å². The molecule has 1 aliphatic heterocycles. The van der Waals surface area contributed by atoms with Crippen molar-refractivity contribution in [3.8, 4) is 0 Å². The van der Waals surface area contributed by atoms with Crippen LogP contribution in [-0.2, 0) is 15.8 Å². The molecule has 1 N–H and O–H groups in total. The van der Waals surface area contributed by atoms with E-state index in [-0.39, 0.29) is 35.3 Å². The number of carboxylic acids is 1. The molecule has 2 aromatic rings. The van der Waals surface area contributed by atoms with Gasteiger partial charge < -0.3 is 15.2 Å². The second-order valence-electron chi connectivity index (χ2n) is 6.75. The fourth-order valence-electron chi connectivity index (χ4n) is 2.93.